The molecule has 0 aliphatic heterocycles. The summed E-state index contributed by atoms with van der Waals surface area (Å²) < 4.78 is 5.13. The molecule has 0 fully saturated rings. The van der Waals surface area contributed by atoms with Crippen molar-refractivity contribution in [2.75, 3.05) is 6.54 Å². The van der Waals surface area contributed by atoms with E-state index < -0.39 is 11.6 Å². The second kappa shape index (κ2) is 10.1. The highest BCUT2D eigenvalue weighted by Crippen LogP contribution is 2.09. The van der Waals surface area contributed by atoms with Gasteiger partial charge in [-0.15, -0.1) is 24.8 Å². The first-order valence-corrected chi connectivity index (χ1v) is 5.05. The molecule has 0 aromatic carbocycles. The van der Waals surface area contributed by atoms with Crippen molar-refractivity contribution in [1.29, 1.82) is 0 Å². The van der Waals surface area contributed by atoms with E-state index in [1.54, 1.807) is 0 Å². The van der Waals surface area contributed by atoms with Crippen molar-refractivity contribution in [3.05, 3.63) is 0 Å². The molecule has 0 aliphatic carbocycles. The molecule has 0 aromatic rings. The molecular formula is C10H24Cl2N2O2. The second-order valence-electron chi connectivity index (χ2n) is 4.42. The van der Waals surface area contributed by atoms with E-state index in [0.29, 0.717) is 13.0 Å². The fraction of sp³-hybridized carbons (Fsp3) is 0.900. The van der Waals surface area contributed by atoms with Gasteiger partial charge in [0.15, 0.2) is 0 Å². The number of carbonyl (C=O) groups is 1. The number of carbonyl (C=O) groups excluding carboxylic acids is 1. The Balaban J connectivity index is -0.000000845. The number of unbranched alkanes of at least 4 members (excludes halogenated alkanes) is 1. The molecular weight excluding hydrogens is 251 g/mol. The summed E-state index contributed by atoms with van der Waals surface area (Å²) in [5.41, 5.74) is 10.5. The van der Waals surface area contributed by atoms with E-state index in [1.165, 1.54) is 0 Å². The summed E-state index contributed by atoms with van der Waals surface area (Å²) >= 11 is 0. The van der Waals surface area contributed by atoms with Gasteiger partial charge in [0.1, 0.15) is 11.6 Å². The molecule has 0 saturated carbocycles. The van der Waals surface area contributed by atoms with Crippen molar-refractivity contribution in [2.45, 2.75) is 51.7 Å². The lowest BCUT2D eigenvalue weighted by molar-refractivity contribution is -0.156. The van der Waals surface area contributed by atoms with Crippen LogP contribution in [0.4, 0.5) is 0 Å². The topological polar surface area (TPSA) is 78.3 Å². The molecule has 0 rings (SSSR count). The SMILES string of the molecule is CC(C)(C)OC(=O)[C@@H](N)CCCCN.Cl.Cl. The lowest BCUT2D eigenvalue weighted by Gasteiger charge is -2.22. The van der Waals surface area contributed by atoms with E-state index in [1.807, 2.05) is 20.8 Å². The summed E-state index contributed by atoms with van der Waals surface area (Å²) in [7, 11) is 0. The lowest BCUT2D eigenvalue weighted by atomic mass is 10.1. The number of hydrogen-bond donors (Lipinski definition) is 2. The molecule has 0 bridgehead atoms. The zero-order valence-corrected chi connectivity index (χ0v) is 11.8. The average molecular weight is 275 g/mol. The fourth-order valence-electron chi connectivity index (χ4n) is 1.00. The molecule has 0 saturated heterocycles. The standard InChI is InChI=1S/C10H22N2O2.2ClH/c1-10(2,3)14-9(13)8(12)6-4-5-7-11;;/h8H,4-7,11-12H2,1-3H3;2*1H/t8-;;/m0../s1. The van der Waals surface area contributed by atoms with Gasteiger partial charge in [-0.2, -0.15) is 0 Å². The van der Waals surface area contributed by atoms with Crippen molar-refractivity contribution in [3.8, 4) is 0 Å². The average Bonchev–Trinajstić information content (AvgIpc) is 2.01. The summed E-state index contributed by atoms with van der Waals surface area (Å²) in [5.74, 6) is -0.325. The van der Waals surface area contributed by atoms with Gasteiger partial charge >= 0.3 is 5.97 Å². The number of ether oxygens (including phenoxy) is 1. The monoisotopic (exact) mass is 274 g/mol. The molecule has 100 valence electrons. The molecule has 16 heavy (non-hydrogen) atoms. The Labute approximate surface area is 110 Å². The van der Waals surface area contributed by atoms with E-state index in [-0.39, 0.29) is 30.8 Å². The maximum atomic E-state index is 11.4. The normalized spacial score (nSPS) is 12.1. The van der Waals surface area contributed by atoms with Crippen LogP contribution < -0.4 is 11.5 Å². The van der Waals surface area contributed by atoms with Gasteiger partial charge in [0.05, 0.1) is 0 Å². The smallest absolute Gasteiger partial charge is 0.323 e. The van der Waals surface area contributed by atoms with Crippen LogP contribution in [0.15, 0.2) is 0 Å². The molecule has 0 aromatic heterocycles. The van der Waals surface area contributed by atoms with E-state index in [0.717, 1.165) is 12.8 Å². The highest BCUT2D eigenvalue weighted by molar-refractivity contribution is 5.85. The number of hydrogen-bond acceptors (Lipinski definition) is 4. The van der Waals surface area contributed by atoms with Crippen LogP contribution in [0.1, 0.15) is 40.0 Å². The number of halogens is 2. The molecule has 0 aliphatic rings. The van der Waals surface area contributed by atoms with E-state index in [2.05, 4.69) is 0 Å². The van der Waals surface area contributed by atoms with Crippen molar-refractivity contribution < 1.29 is 9.53 Å². The Morgan fingerprint density at radius 1 is 1.25 bits per heavy atom. The van der Waals surface area contributed by atoms with Crippen LogP contribution in [0.3, 0.4) is 0 Å². The fourth-order valence-corrected chi connectivity index (χ4v) is 1.00. The zero-order valence-electron chi connectivity index (χ0n) is 10.2. The van der Waals surface area contributed by atoms with Crippen LogP contribution in [0, 0.1) is 0 Å². The molecule has 0 amide bonds. The van der Waals surface area contributed by atoms with E-state index in [4.69, 9.17) is 16.2 Å². The van der Waals surface area contributed by atoms with Crippen molar-refractivity contribution >= 4 is 30.8 Å². The van der Waals surface area contributed by atoms with Gasteiger partial charge < -0.3 is 16.2 Å². The maximum Gasteiger partial charge on any atom is 0.323 e. The molecule has 4 N–H and O–H groups in total. The molecule has 0 unspecified atom stereocenters. The minimum Gasteiger partial charge on any atom is -0.459 e. The molecule has 0 heterocycles. The van der Waals surface area contributed by atoms with Crippen LogP contribution in [0.25, 0.3) is 0 Å². The van der Waals surface area contributed by atoms with Gasteiger partial charge in [0, 0.05) is 0 Å². The minimum atomic E-state index is -0.513. The molecule has 6 heteroatoms. The second-order valence-corrected chi connectivity index (χ2v) is 4.42. The highest BCUT2D eigenvalue weighted by Gasteiger charge is 2.21. The highest BCUT2D eigenvalue weighted by atomic mass is 35.5. The van der Waals surface area contributed by atoms with E-state index in [9.17, 15) is 4.79 Å². The largest absolute Gasteiger partial charge is 0.459 e. The third kappa shape index (κ3) is 12.0. The Hall–Kier alpha value is -0.0300. The summed E-state index contributed by atoms with van der Waals surface area (Å²) in [6.45, 7) is 6.13. The third-order valence-corrected chi connectivity index (χ3v) is 1.68. The quantitative estimate of drug-likeness (QED) is 0.590. The first-order chi connectivity index (χ1) is 6.37. The summed E-state index contributed by atoms with van der Waals surface area (Å²) in [5, 5.41) is 0. The molecule has 1 atom stereocenters. The molecule has 0 spiro atoms. The van der Waals surface area contributed by atoms with Crippen LogP contribution >= 0.6 is 24.8 Å². The summed E-state index contributed by atoms with van der Waals surface area (Å²) in [4.78, 5) is 11.4. The Bertz CT molecular complexity index is 184. The first kappa shape index (κ1) is 21.3. The van der Waals surface area contributed by atoms with E-state index >= 15 is 0 Å². The minimum absolute atomic E-state index is 0. The Morgan fingerprint density at radius 2 is 1.75 bits per heavy atom. The number of esters is 1. The van der Waals surface area contributed by atoms with Gasteiger partial charge in [-0.3, -0.25) is 4.79 Å². The summed E-state index contributed by atoms with van der Waals surface area (Å²) in [6, 6.07) is -0.513. The lowest BCUT2D eigenvalue weighted by Crippen LogP contribution is -2.37. The maximum absolute atomic E-state index is 11.4. The van der Waals surface area contributed by atoms with Crippen molar-refractivity contribution in [2.24, 2.45) is 11.5 Å². The predicted octanol–water partition coefficient (Wildman–Crippen LogP) is 1.63. The van der Waals surface area contributed by atoms with Gasteiger partial charge in [0.2, 0.25) is 0 Å². The molecule has 0 radical (unpaired) electrons. The van der Waals surface area contributed by atoms with Crippen LogP contribution in [-0.4, -0.2) is 24.2 Å². The van der Waals surface area contributed by atoms with Crippen molar-refractivity contribution in [3.63, 3.8) is 0 Å². The number of rotatable bonds is 5. The summed E-state index contributed by atoms with van der Waals surface area (Å²) in [6.07, 6.45) is 2.42. The van der Waals surface area contributed by atoms with Crippen LogP contribution in [0.5, 0.6) is 0 Å². The zero-order chi connectivity index (χ0) is 11.2. The van der Waals surface area contributed by atoms with Gasteiger partial charge in [-0.25, -0.2) is 0 Å². The van der Waals surface area contributed by atoms with Gasteiger partial charge in [0.25, 0.3) is 0 Å². The van der Waals surface area contributed by atoms with Crippen LogP contribution in [-0.2, 0) is 9.53 Å². The van der Waals surface area contributed by atoms with Crippen LogP contribution in [0.2, 0.25) is 0 Å². The number of nitrogens with two attached hydrogens (primary N) is 2. The van der Waals surface area contributed by atoms with Gasteiger partial charge in [-0.05, 0) is 40.2 Å². The third-order valence-electron chi connectivity index (χ3n) is 1.68. The predicted molar refractivity (Wildman–Crippen MR) is 71.2 cm³/mol. The Morgan fingerprint density at radius 3 is 2.12 bits per heavy atom. The Kier molecular flexibility index (Phi) is 13.5. The first-order valence-electron chi connectivity index (χ1n) is 5.05. The molecule has 4 nitrogen and oxygen atoms in total. The van der Waals surface area contributed by atoms with Gasteiger partial charge in [-0.1, -0.05) is 6.42 Å². The van der Waals surface area contributed by atoms with Crippen molar-refractivity contribution in [1.82, 2.24) is 0 Å².